The molecule has 0 saturated heterocycles. The minimum Gasteiger partial charge on any atom is -0.482 e. The van der Waals surface area contributed by atoms with Crippen molar-refractivity contribution in [3.8, 4) is 11.5 Å². The molecule has 2 aromatic carbocycles. The second-order valence-corrected chi connectivity index (χ2v) is 5.01. The number of nitrogens with one attached hydrogen (secondary N) is 1. The van der Waals surface area contributed by atoms with E-state index in [1.165, 1.54) is 0 Å². The molecule has 0 radical (unpaired) electrons. The third kappa shape index (κ3) is 2.99. The summed E-state index contributed by atoms with van der Waals surface area (Å²) in [5, 5.41) is 2.89. The Kier molecular flexibility index (Phi) is 3.77. The fourth-order valence-corrected chi connectivity index (χ4v) is 2.29. The van der Waals surface area contributed by atoms with E-state index in [1.807, 2.05) is 55.5 Å². The lowest BCUT2D eigenvalue weighted by molar-refractivity contribution is -0.133. The normalized spacial score (nSPS) is 19.9. The number of para-hydroxylation sites is 2. The first-order valence-corrected chi connectivity index (χ1v) is 6.98. The number of rotatable bonds is 3. The summed E-state index contributed by atoms with van der Waals surface area (Å²) >= 11 is 0. The van der Waals surface area contributed by atoms with Gasteiger partial charge in [0.25, 0.3) is 5.91 Å². The van der Waals surface area contributed by atoms with Crippen LogP contribution in [-0.2, 0) is 11.3 Å². The van der Waals surface area contributed by atoms with Crippen LogP contribution < -0.4 is 14.8 Å². The lowest BCUT2D eigenvalue weighted by Gasteiger charge is -2.31. The molecule has 0 fully saturated rings. The Morgan fingerprint density at radius 1 is 1.00 bits per heavy atom. The Morgan fingerprint density at radius 2 is 1.62 bits per heavy atom. The third-order valence-corrected chi connectivity index (χ3v) is 3.41. The van der Waals surface area contributed by atoms with Crippen molar-refractivity contribution in [2.75, 3.05) is 0 Å². The highest BCUT2D eigenvalue weighted by atomic mass is 16.6. The Bertz CT molecular complexity index is 627. The number of benzene rings is 2. The van der Waals surface area contributed by atoms with Crippen LogP contribution in [0.3, 0.4) is 0 Å². The van der Waals surface area contributed by atoms with E-state index in [4.69, 9.17) is 9.47 Å². The van der Waals surface area contributed by atoms with Crippen molar-refractivity contribution in [1.29, 1.82) is 0 Å². The van der Waals surface area contributed by atoms with E-state index in [0.29, 0.717) is 18.0 Å². The minimum absolute atomic E-state index is 0.166. The van der Waals surface area contributed by atoms with Crippen molar-refractivity contribution in [2.24, 2.45) is 0 Å². The van der Waals surface area contributed by atoms with Crippen LogP contribution in [0.2, 0.25) is 0 Å². The number of ether oxygens (including phenoxy) is 2. The largest absolute Gasteiger partial charge is 0.482 e. The summed E-state index contributed by atoms with van der Waals surface area (Å²) in [4.78, 5) is 12.3. The fraction of sp³-hybridized carbons (Fsp3) is 0.235. The van der Waals surface area contributed by atoms with Gasteiger partial charge in [-0.05, 0) is 24.6 Å². The average molecular weight is 283 g/mol. The monoisotopic (exact) mass is 283 g/mol. The number of carbonyl (C=O) groups is 1. The quantitative estimate of drug-likeness (QED) is 0.941. The highest BCUT2D eigenvalue weighted by Crippen LogP contribution is 2.33. The molecule has 2 aromatic rings. The van der Waals surface area contributed by atoms with Gasteiger partial charge in [-0.1, -0.05) is 42.5 Å². The maximum absolute atomic E-state index is 12.3. The maximum atomic E-state index is 12.3. The first-order chi connectivity index (χ1) is 10.2. The van der Waals surface area contributed by atoms with E-state index < -0.39 is 6.10 Å². The lowest BCUT2D eigenvalue weighted by atomic mass is 10.1. The molecule has 1 heterocycles. The molecular weight excluding hydrogens is 266 g/mol. The van der Waals surface area contributed by atoms with Gasteiger partial charge in [0, 0.05) is 6.54 Å². The van der Waals surface area contributed by atoms with Crippen molar-refractivity contribution in [3.63, 3.8) is 0 Å². The van der Waals surface area contributed by atoms with Crippen LogP contribution in [0.5, 0.6) is 11.5 Å². The summed E-state index contributed by atoms with van der Waals surface area (Å²) < 4.78 is 11.5. The van der Waals surface area contributed by atoms with Crippen LogP contribution in [0.1, 0.15) is 12.5 Å². The van der Waals surface area contributed by atoms with Crippen LogP contribution in [-0.4, -0.2) is 18.1 Å². The van der Waals surface area contributed by atoms with E-state index in [0.717, 1.165) is 5.56 Å². The first kappa shape index (κ1) is 13.5. The molecular formula is C17H17NO3. The van der Waals surface area contributed by atoms with E-state index >= 15 is 0 Å². The van der Waals surface area contributed by atoms with Gasteiger partial charge >= 0.3 is 0 Å². The highest BCUT2D eigenvalue weighted by Gasteiger charge is 2.33. The zero-order valence-corrected chi connectivity index (χ0v) is 11.8. The topological polar surface area (TPSA) is 47.6 Å². The highest BCUT2D eigenvalue weighted by molar-refractivity contribution is 5.82. The first-order valence-electron chi connectivity index (χ1n) is 6.98. The number of hydrogen-bond acceptors (Lipinski definition) is 3. The molecule has 21 heavy (non-hydrogen) atoms. The maximum Gasteiger partial charge on any atom is 0.265 e. The van der Waals surface area contributed by atoms with Gasteiger partial charge in [-0.25, -0.2) is 0 Å². The van der Waals surface area contributed by atoms with Crippen LogP contribution in [0.4, 0.5) is 0 Å². The summed E-state index contributed by atoms with van der Waals surface area (Å²) in [6.07, 6.45) is -0.959. The van der Waals surface area contributed by atoms with Crippen LogP contribution in [0.15, 0.2) is 54.6 Å². The fourth-order valence-electron chi connectivity index (χ4n) is 2.29. The van der Waals surface area contributed by atoms with Crippen LogP contribution in [0, 0.1) is 0 Å². The van der Waals surface area contributed by atoms with Crippen molar-refractivity contribution in [3.05, 3.63) is 60.2 Å². The zero-order chi connectivity index (χ0) is 14.7. The Morgan fingerprint density at radius 3 is 2.33 bits per heavy atom. The molecule has 108 valence electrons. The molecule has 0 aliphatic carbocycles. The van der Waals surface area contributed by atoms with Crippen molar-refractivity contribution >= 4 is 5.91 Å². The van der Waals surface area contributed by atoms with Gasteiger partial charge in [0.1, 0.15) is 6.10 Å². The van der Waals surface area contributed by atoms with Gasteiger partial charge in [0.15, 0.2) is 11.5 Å². The summed E-state index contributed by atoms with van der Waals surface area (Å²) in [6, 6.07) is 17.2. The lowest BCUT2D eigenvalue weighted by Crippen LogP contribution is -2.48. The molecule has 0 aromatic heterocycles. The molecule has 0 saturated carbocycles. The molecule has 4 heteroatoms. The Hall–Kier alpha value is -2.49. The van der Waals surface area contributed by atoms with E-state index in [1.54, 1.807) is 6.07 Å². The average Bonchev–Trinajstić information content (AvgIpc) is 2.53. The predicted octanol–water partition coefficient (Wildman–Crippen LogP) is 2.53. The third-order valence-electron chi connectivity index (χ3n) is 3.41. The van der Waals surface area contributed by atoms with Gasteiger partial charge in [0.05, 0.1) is 0 Å². The van der Waals surface area contributed by atoms with Crippen LogP contribution >= 0.6 is 0 Å². The number of amides is 1. The van der Waals surface area contributed by atoms with Gasteiger partial charge in [0.2, 0.25) is 6.10 Å². The summed E-state index contributed by atoms with van der Waals surface area (Å²) in [6.45, 7) is 2.32. The standard InChI is InChI=1S/C17H17NO3/c1-12-16(21-15-10-6-5-9-14(15)20-12)17(19)18-11-13-7-3-2-4-8-13/h2-10,12,16H,11H2,1H3,(H,18,19)/t12-,16+/m1/s1. The number of hydrogen-bond donors (Lipinski definition) is 1. The van der Waals surface area contributed by atoms with Crippen molar-refractivity contribution in [2.45, 2.75) is 25.7 Å². The van der Waals surface area contributed by atoms with Crippen molar-refractivity contribution in [1.82, 2.24) is 5.32 Å². The zero-order valence-electron chi connectivity index (χ0n) is 11.8. The summed E-state index contributed by atoms with van der Waals surface area (Å²) in [5.41, 5.74) is 1.05. The summed E-state index contributed by atoms with van der Waals surface area (Å²) in [7, 11) is 0. The molecule has 1 aliphatic heterocycles. The minimum atomic E-state index is -0.636. The van der Waals surface area contributed by atoms with Crippen molar-refractivity contribution < 1.29 is 14.3 Å². The second kappa shape index (κ2) is 5.87. The SMILES string of the molecule is C[C@H]1Oc2ccccc2O[C@@H]1C(=O)NCc1ccccc1. The molecule has 1 aliphatic rings. The smallest absolute Gasteiger partial charge is 0.265 e. The van der Waals surface area contributed by atoms with E-state index in [9.17, 15) is 4.79 Å². The molecule has 0 spiro atoms. The molecule has 0 bridgehead atoms. The van der Waals surface area contributed by atoms with Gasteiger partial charge in [-0.2, -0.15) is 0 Å². The van der Waals surface area contributed by atoms with Gasteiger partial charge < -0.3 is 14.8 Å². The Labute approximate surface area is 123 Å². The molecule has 1 amide bonds. The number of fused-ring (bicyclic) bond motifs is 1. The van der Waals surface area contributed by atoms with E-state index in [2.05, 4.69) is 5.32 Å². The second-order valence-electron chi connectivity index (χ2n) is 5.01. The summed E-state index contributed by atoms with van der Waals surface area (Å²) in [5.74, 6) is 1.12. The molecule has 3 rings (SSSR count). The molecule has 1 N–H and O–H groups in total. The predicted molar refractivity (Wildman–Crippen MR) is 79.2 cm³/mol. The number of carbonyl (C=O) groups excluding carboxylic acids is 1. The molecule has 4 nitrogen and oxygen atoms in total. The molecule has 0 unspecified atom stereocenters. The molecule has 2 atom stereocenters. The van der Waals surface area contributed by atoms with E-state index in [-0.39, 0.29) is 12.0 Å². The van der Waals surface area contributed by atoms with Gasteiger partial charge in [-0.15, -0.1) is 0 Å². The van der Waals surface area contributed by atoms with Crippen LogP contribution in [0.25, 0.3) is 0 Å². The van der Waals surface area contributed by atoms with Gasteiger partial charge in [-0.3, -0.25) is 4.79 Å². The Balaban J connectivity index is 1.65.